The van der Waals surface area contributed by atoms with E-state index in [9.17, 15) is 0 Å². The lowest BCUT2D eigenvalue weighted by Crippen LogP contribution is -2.11. The Kier molecular flexibility index (Phi) is 4.73. The molecule has 0 radical (unpaired) electrons. The molecule has 0 saturated carbocycles. The number of likely N-dealkylation sites (N-methyl/N-ethyl adjacent to an activating group) is 1. The molecular weight excluding hydrogens is 214 g/mol. The number of hydrogen-bond acceptors (Lipinski definition) is 2. The second-order valence-electron chi connectivity index (χ2n) is 4.49. The minimum atomic E-state index is 0.816. The van der Waals surface area contributed by atoms with E-state index in [4.69, 9.17) is 0 Å². The van der Waals surface area contributed by atoms with Crippen LogP contribution in [-0.4, -0.2) is 25.1 Å². The molecule has 0 spiro atoms. The van der Waals surface area contributed by atoms with Gasteiger partial charge in [-0.3, -0.25) is 0 Å². The Morgan fingerprint density at radius 2 is 2.12 bits per heavy atom. The van der Waals surface area contributed by atoms with Crippen molar-refractivity contribution in [1.29, 1.82) is 0 Å². The van der Waals surface area contributed by atoms with Crippen LogP contribution < -0.4 is 5.32 Å². The first-order valence-corrected chi connectivity index (χ1v) is 7.37. The third-order valence-electron chi connectivity index (χ3n) is 3.31. The predicted molar refractivity (Wildman–Crippen MR) is 73.4 cm³/mol. The van der Waals surface area contributed by atoms with Crippen LogP contribution in [0.1, 0.15) is 29.9 Å². The molecule has 1 aromatic carbocycles. The molecule has 2 rings (SSSR count). The molecule has 16 heavy (non-hydrogen) atoms. The van der Waals surface area contributed by atoms with Gasteiger partial charge >= 0.3 is 0 Å². The average Bonchev–Trinajstić information content (AvgIpc) is 2.38. The molecule has 0 amide bonds. The van der Waals surface area contributed by atoms with Gasteiger partial charge in [0.1, 0.15) is 0 Å². The minimum absolute atomic E-state index is 0.816. The van der Waals surface area contributed by atoms with E-state index in [2.05, 4.69) is 41.3 Å². The summed E-state index contributed by atoms with van der Waals surface area (Å²) in [6.45, 7) is 1.07. The maximum Gasteiger partial charge on any atom is -0.00114 e. The van der Waals surface area contributed by atoms with Gasteiger partial charge in [0.05, 0.1) is 0 Å². The normalized spacial score (nSPS) is 17.6. The van der Waals surface area contributed by atoms with Crippen LogP contribution in [0.2, 0.25) is 0 Å². The molecule has 0 unspecified atom stereocenters. The number of thioether (sulfide) groups is 1. The molecule has 0 aromatic heterocycles. The number of nitrogens with one attached hydrogen (secondary N) is 1. The first-order chi connectivity index (χ1) is 7.90. The zero-order valence-electron chi connectivity index (χ0n) is 10.0. The SMILES string of the molecule is CNCCc1cccc(C2CCSCC2)c1. The van der Waals surface area contributed by atoms with Crippen molar-refractivity contribution in [2.45, 2.75) is 25.2 Å². The van der Waals surface area contributed by atoms with Crippen LogP contribution in [0.4, 0.5) is 0 Å². The summed E-state index contributed by atoms with van der Waals surface area (Å²) in [7, 11) is 2.02. The highest BCUT2D eigenvalue weighted by Gasteiger charge is 2.15. The van der Waals surface area contributed by atoms with Gasteiger partial charge in [0.15, 0.2) is 0 Å². The molecule has 1 fully saturated rings. The Bertz CT molecular complexity index is 318. The molecule has 1 aliphatic rings. The average molecular weight is 235 g/mol. The van der Waals surface area contributed by atoms with E-state index in [0.29, 0.717) is 0 Å². The summed E-state index contributed by atoms with van der Waals surface area (Å²) in [4.78, 5) is 0. The van der Waals surface area contributed by atoms with Crippen molar-refractivity contribution >= 4 is 11.8 Å². The van der Waals surface area contributed by atoms with Gasteiger partial charge in [-0.15, -0.1) is 0 Å². The highest BCUT2D eigenvalue weighted by Crippen LogP contribution is 2.31. The van der Waals surface area contributed by atoms with Gasteiger partial charge in [0.25, 0.3) is 0 Å². The summed E-state index contributed by atoms with van der Waals surface area (Å²) < 4.78 is 0. The lowest BCUT2D eigenvalue weighted by atomic mass is 9.92. The zero-order valence-corrected chi connectivity index (χ0v) is 10.9. The number of hydrogen-bond donors (Lipinski definition) is 1. The summed E-state index contributed by atoms with van der Waals surface area (Å²) in [5, 5.41) is 3.21. The summed E-state index contributed by atoms with van der Waals surface area (Å²) in [5.74, 6) is 3.49. The molecule has 0 aliphatic carbocycles. The third kappa shape index (κ3) is 3.26. The molecule has 2 heteroatoms. The fourth-order valence-corrected chi connectivity index (χ4v) is 3.41. The zero-order chi connectivity index (χ0) is 11.2. The lowest BCUT2D eigenvalue weighted by molar-refractivity contribution is 0.636. The predicted octanol–water partition coefficient (Wildman–Crippen LogP) is 3.06. The molecule has 0 bridgehead atoms. The van der Waals surface area contributed by atoms with E-state index < -0.39 is 0 Å². The van der Waals surface area contributed by atoms with Crippen molar-refractivity contribution in [3.05, 3.63) is 35.4 Å². The number of benzene rings is 1. The van der Waals surface area contributed by atoms with Crippen LogP contribution >= 0.6 is 11.8 Å². The molecule has 1 N–H and O–H groups in total. The molecule has 0 atom stereocenters. The summed E-state index contributed by atoms with van der Waals surface area (Å²) in [5.41, 5.74) is 3.04. The van der Waals surface area contributed by atoms with Gasteiger partial charge in [-0.1, -0.05) is 24.3 Å². The van der Waals surface area contributed by atoms with Crippen molar-refractivity contribution in [1.82, 2.24) is 5.32 Å². The topological polar surface area (TPSA) is 12.0 Å². The monoisotopic (exact) mass is 235 g/mol. The Morgan fingerprint density at radius 3 is 2.88 bits per heavy atom. The first kappa shape index (κ1) is 12.0. The Labute approximate surface area is 103 Å². The van der Waals surface area contributed by atoms with E-state index in [-0.39, 0.29) is 0 Å². The Morgan fingerprint density at radius 1 is 1.31 bits per heavy atom. The maximum atomic E-state index is 3.21. The van der Waals surface area contributed by atoms with Crippen molar-refractivity contribution in [3.63, 3.8) is 0 Å². The van der Waals surface area contributed by atoms with Crippen molar-refractivity contribution < 1.29 is 0 Å². The van der Waals surface area contributed by atoms with Crippen molar-refractivity contribution in [2.75, 3.05) is 25.1 Å². The smallest absolute Gasteiger partial charge is 0.00114 e. The highest BCUT2D eigenvalue weighted by atomic mass is 32.2. The van der Waals surface area contributed by atoms with E-state index in [1.807, 2.05) is 7.05 Å². The molecule has 1 heterocycles. The van der Waals surface area contributed by atoms with Gasteiger partial charge < -0.3 is 5.32 Å². The van der Waals surface area contributed by atoms with Gasteiger partial charge in [-0.05, 0) is 61.4 Å². The van der Waals surface area contributed by atoms with Crippen molar-refractivity contribution in [2.24, 2.45) is 0 Å². The van der Waals surface area contributed by atoms with E-state index in [0.717, 1.165) is 18.9 Å². The van der Waals surface area contributed by atoms with Crippen LogP contribution in [-0.2, 0) is 6.42 Å². The first-order valence-electron chi connectivity index (χ1n) is 6.21. The quantitative estimate of drug-likeness (QED) is 0.861. The minimum Gasteiger partial charge on any atom is -0.319 e. The largest absolute Gasteiger partial charge is 0.319 e. The molecular formula is C14H21NS. The molecule has 88 valence electrons. The highest BCUT2D eigenvalue weighted by molar-refractivity contribution is 7.99. The summed E-state index contributed by atoms with van der Waals surface area (Å²) in [6, 6.07) is 9.20. The number of rotatable bonds is 4. The van der Waals surface area contributed by atoms with Gasteiger partial charge in [-0.25, -0.2) is 0 Å². The van der Waals surface area contributed by atoms with Crippen LogP contribution in [0, 0.1) is 0 Å². The molecule has 1 nitrogen and oxygen atoms in total. The summed E-state index contributed by atoms with van der Waals surface area (Å²) in [6.07, 6.45) is 3.87. The molecule has 1 aliphatic heterocycles. The fourth-order valence-electron chi connectivity index (χ4n) is 2.30. The van der Waals surface area contributed by atoms with Crippen LogP contribution in [0.15, 0.2) is 24.3 Å². The van der Waals surface area contributed by atoms with Crippen LogP contribution in [0.5, 0.6) is 0 Å². The Balaban J connectivity index is 2.02. The Hall–Kier alpha value is -0.470. The van der Waals surface area contributed by atoms with Gasteiger partial charge in [0, 0.05) is 0 Å². The van der Waals surface area contributed by atoms with Gasteiger partial charge in [0.2, 0.25) is 0 Å². The van der Waals surface area contributed by atoms with E-state index >= 15 is 0 Å². The molecule has 1 aromatic rings. The summed E-state index contributed by atoms with van der Waals surface area (Å²) >= 11 is 2.10. The van der Waals surface area contributed by atoms with Crippen LogP contribution in [0.25, 0.3) is 0 Å². The molecule has 1 saturated heterocycles. The van der Waals surface area contributed by atoms with E-state index in [1.165, 1.54) is 29.9 Å². The van der Waals surface area contributed by atoms with Gasteiger partial charge in [-0.2, -0.15) is 11.8 Å². The maximum absolute atomic E-state index is 3.21. The second-order valence-corrected chi connectivity index (χ2v) is 5.71. The lowest BCUT2D eigenvalue weighted by Gasteiger charge is -2.22. The second kappa shape index (κ2) is 6.31. The van der Waals surface area contributed by atoms with Crippen molar-refractivity contribution in [3.8, 4) is 0 Å². The fraction of sp³-hybridized carbons (Fsp3) is 0.571. The standard InChI is InChI=1S/C14H21NS/c1-15-8-5-12-3-2-4-14(11-12)13-6-9-16-10-7-13/h2-4,11,13,15H,5-10H2,1H3. The van der Waals surface area contributed by atoms with Crippen LogP contribution in [0.3, 0.4) is 0 Å². The van der Waals surface area contributed by atoms with E-state index in [1.54, 1.807) is 5.56 Å². The third-order valence-corrected chi connectivity index (χ3v) is 4.36.